The molecule has 0 spiro atoms. The van der Waals surface area contributed by atoms with Gasteiger partial charge in [0.15, 0.2) is 0 Å². The number of anilines is 2. The van der Waals surface area contributed by atoms with Crippen LogP contribution in [0.5, 0.6) is 0 Å². The van der Waals surface area contributed by atoms with Gasteiger partial charge in [-0.3, -0.25) is 9.37 Å². The van der Waals surface area contributed by atoms with E-state index in [2.05, 4.69) is 10.6 Å². The molecule has 0 aliphatic heterocycles. The Balaban J connectivity index is 2.02. The number of hydrogen-bond acceptors (Lipinski definition) is 2. The maximum absolute atomic E-state index is 11.9. The van der Waals surface area contributed by atoms with Crippen molar-refractivity contribution in [2.24, 2.45) is 0 Å². The summed E-state index contributed by atoms with van der Waals surface area (Å²) in [7, 11) is 3.97. The maximum atomic E-state index is 11.9. The summed E-state index contributed by atoms with van der Waals surface area (Å²) in [4.78, 5) is 12.6. The van der Waals surface area contributed by atoms with E-state index in [9.17, 15) is 4.79 Å². The number of carbonyl (C=O) groups excluding carboxylic acids is 1. The first-order chi connectivity index (χ1) is 9.56. The smallest absolute Gasteiger partial charge is 0.265 e. The average Bonchev–Trinajstić information content (AvgIpc) is 2.95. The van der Waals surface area contributed by atoms with Crippen LogP contribution >= 0.6 is 11.3 Å². The topological polar surface area (TPSA) is 44.1 Å². The molecular formula is C15H18N3OS+. The molecule has 0 aliphatic rings. The van der Waals surface area contributed by atoms with E-state index in [1.54, 1.807) is 0 Å². The van der Waals surface area contributed by atoms with Crippen LogP contribution in [0.2, 0.25) is 0 Å². The van der Waals surface area contributed by atoms with E-state index in [4.69, 9.17) is 0 Å². The number of nitrogens with zero attached hydrogens (tertiary/aromatic N) is 1. The molecule has 20 heavy (non-hydrogen) atoms. The second kappa shape index (κ2) is 6.34. The molecule has 0 atom stereocenters. The second-order valence-corrected chi connectivity index (χ2v) is 5.56. The lowest BCUT2D eigenvalue weighted by atomic mass is 10.2. The molecule has 0 aliphatic carbocycles. The Morgan fingerprint density at radius 3 is 2.15 bits per heavy atom. The number of benzene rings is 1. The van der Waals surface area contributed by atoms with Crippen LogP contribution in [-0.2, 0) is 0 Å². The third-order valence-corrected chi connectivity index (χ3v) is 3.75. The van der Waals surface area contributed by atoms with Crippen LogP contribution in [0.4, 0.5) is 11.4 Å². The van der Waals surface area contributed by atoms with Crippen molar-refractivity contribution >= 4 is 34.5 Å². The van der Waals surface area contributed by atoms with Gasteiger partial charge in [0.2, 0.25) is 5.84 Å². The number of rotatable bonds is 3. The van der Waals surface area contributed by atoms with Crippen LogP contribution in [0.15, 0.2) is 41.8 Å². The molecular weight excluding hydrogens is 270 g/mol. The molecule has 0 radical (unpaired) electrons. The minimum Gasteiger partial charge on any atom is -0.321 e. The lowest BCUT2D eigenvalue weighted by molar-refractivity contribution is -0.464. The van der Waals surface area contributed by atoms with Gasteiger partial charge in [-0.1, -0.05) is 6.07 Å². The molecule has 1 aromatic heterocycles. The summed E-state index contributed by atoms with van der Waals surface area (Å²) < 4.78 is 2.01. The van der Waals surface area contributed by atoms with E-state index in [-0.39, 0.29) is 5.91 Å². The normalized spacial score (nSPS) is 9.95. The fourth-order valence-corrected chi connectivity index (χ4v) is 2.18. The van der Waals surface area contributed by atoms with Gasteiger partial charge in [0.1, 0.15) is 5.69 Å². The fraction of sp³-hybridized carbons (Fsp3) is 0.200. The van der Waals surface area contributed by atoms with Gasteiger partial charge < -0.3 is 5.32 Å². The number of amides is 1. The first kappa shape index (κ1) is 14.3. The summed E-state index contributed by atoms with van der Waals surface area (Å²) in [5, 5.41) is 8.05. The minimum absolute atomic E-state index is 0.0725. The van der Waals surface area contributed by atoms with Gasteiger partial charge >= 0.3 is 0 Å². The highest BCUT2D eigenvalue weighted by molar-refractivity contribution is 7.12. The van der Waals surface area contributed by atoms with E-state index in [1.807, 2.05) is 67.4 Å². The van der Waals surface area contributed by atoms with Crippen molar-refractivity contribution in [1.82, 2.24) is 0 Å². The minimum atomic E-state index is -0.0725. The van der Waals surface area contributed by atoms with Gasteiger partial charge in [0, 0.05) is 12.6 Å². The van der Waals surface area contributed by atoms with E-state index in [0.717, 1.165) is 17.2 Å². The Morgan fingerprint density at radius 1 is 1.05 bits per heavy atom. The highest BCUT2D eigenvalue weighted by Gasteiger charge is 2.07. The summed E-state index contributed by atoms with van der Waals surface area (Å²) in [5.41, 5.74) is 1.78. The van der Waals surface area contributed by atoms with Crippen molar-refractivity contribution in [2.75, 3.05) is 24.7 Å². The molecule has 2 rings (SSSR count). The van der Waals surface area contributed by atoms with E-state index in [0.29, 0.717) is 4.88 Å². The zero-order valence-corrected chi connectivity index (χ0v) is 12.6. The summed E-state index contributed by atoms with van der Waals surface area (Å²) in [6, 6.07) is 11.3. The summed E-state index contributed by atoms with van der Waals surface area (Å²) in [5.74, 6) is 0.983. The van der Waals surface area contributed by atoms with Gasteiger partial charge in [-0.25, -0.2) is 5.32 Å². The molecule has 1 amide bonds. The standard InChI is InChI=1S/C15H17N3OS/c1-11(18(2)3)16-12-6-8-13(9-7-12)17-15(19)14-5-4-10-20-14/h4-10H,1-3H3,(H,17,19)/p+1. The Kier molecular flexibility index (Phi) is 4.53. The molecule has 0 saturated heterocycles. The van der Waals surface area contributed by atoms with E-state index >= 15 is 0 Å². The Morgan fingerprint density at radius 2 is 1.65 bits per heavy atom. The van der Waals surface area contributed by atoms with Crippen LogP contribution in [0, 0.1) is 0 Å². The number of thiophene rings is 1. The Bertz CT molecular complexity index is 611. The van der Waals surface area contributed by atoms with Crippen molar-refractivity contribution in [2.45, 2.75) is 6.92 Å². The fourth-order valence-electron chi connectivity index (χ4n) is 1.56. The van der Waals surface area contributed by atoms with Crippen molar-refractivity contribution in [3.05, 3.63) is 46.7 Å². The van der Waals surface area contributed by atoms with E-state index < -0.39 is 0 Å². The number of hydrogen-bond donors (Lipinski definition) is 2. The van der Waals surface area contributed by atoms with Crippen molar-refractivity contribution < 1.29 is 9.37 Å². The lowest BCUT2D eigenvalue weighted by Gasteiger charge is -2.05. The maximum Gasteiger partial charge on any atom is 0.265 e. The lowest BCUT2D eigenvalue weighted by Crippen LogP contribution is -2.18. The first-order valence-electron chi connectivity index (χ1n) is 6.29. The largest absolute Gasteiger partial charge is 0.321 e. The summed E-state index contributed by atoms with van der Waals surface area (Å²) in [6.45, 7) is 2.01. The monoisotopic (exact) mass is 288 g/mol. The molecule has 1 aromatic carbocycles. The zero-order valence-electron chi connectivity index (χ0n) is 11.8. The first-order valence-corrected chi connectivity index (χ1v) is 7.17. The zero-order chi connectivity index (χ0) is 14.5. The van der Waals surface area contributed by atoms with Gasteiger partial charge in [0.25, 0.3) is 5.91 Å². The highest BCUT2D eigenvalue weighted by atomic mass is 32.1. The van der Waals surface area contributed by atoms with Gasteiger partial charge in [0.05, 0.1) is 19.0 Å². The average molecular weight is 288 g/mol. The summed E-state index contributed by atoms with van der Waals surface area (Å²) in [6.07, 6.45) is 0. The van der Waals surface area contributed by atoms with Crippen molar-refractivity contribution in [1.29, 1.82) is 0 Å². The van der Waals surface area contributed by atoms with Crippen LogP contribution < -0.4 is 10.6 Å². The van der Waals surface area contributed by atoms with Crippen molar-refractivity contribution in [3.8, 4) is 0 Å². The van der Waals surface area contributed by atoms with Crippen molar-refractivity contribution in [3.63, 3.8) is 0 Å². The quantitative estimate of drug-likeness (QED) is 0.518. The van der Waals surface area contributed by atoms with Crippen LogP contribution in [0.1, 0.15) is 16.6 Å². The van der Waals surface area contributed by atoms with Gasteiger partial charge in [-0.05, 0) is 35.7 Å². The number of carbonyl (C=O) groups is 1. The third kappa shape index (κ3) is 3.68. The SMILES string of the molecule is CC(Nc1ccc(NC(=O)c2cccs2)cc1)=[N+](C)C. The number of amidine groups is 1. The molecule has 2 N–H and O–H groups in total. The van der Waals surface area contributed by atoms with Crippen LogP contribution in [-0.4, -0.2) is 30.4 Å². The van der Waals surface area contributed by atoms with Crippen LogP contribution in [0.3, 0.4) is 0 Å². The Labute approximate surface area is 122 Å². The molecule has 5 heteroatoms. The van der Waals surface area contributed by atoms with Gasteiger partial charge in [-0.15, -0.1) is 11.3 Å². The van der Waals surface area contributed by atoms with Gasteiger partial charge in [-0.2, -0.15) is 0 Å². The Hall–Kier alpha value is -2.14. The summed E-state index contributed by atoms with van der Waals surface area (Å²) >= 11 is 1.43. The third-order valence-electron chi connectivity index (χ3n) is 2.88. The van der Waals surface area contributed by atoms with Crippen LogP contribution in [0.25, 0.3) is 0 Å². The molecule has 0 fully saturated rings. The molecule has 1 heterocycles. The molecule has 0 bridgehead atoms. The van der Waals surface area contributed by atoms with E-state index in [1.165, 1.54) is 11.3 Å². The predicted molar refractivity (Wildman–Crippen MR) is 85.1 cm³/mol. The number of nitrogens with one attached hydrogen (secondary N) is 2. The molecule has 0 unspecified atom stereocenters. The molecule has 104 valence electrons. The molecule has 4 nitrogen and oxygen atoms in total. The molecule has 2 aromatic rings. The molecule has 0 saturated carbocycles. The predicted octanol–water partition coefficient (Wildman–Crippen LogP) is 3.10. The second-order valence-electron chi connectivity index (χ2n) is 4.61. The highest BCUT2D eigenvalue weighted by Crippen LogP contribution is 2.16.